The van der Waals surface area contributed by atoms with Gasteiger partial charge in [0.05, 0.1) is 30.4 Å². The first kappa shape index (κ1) is 21.8. The molecule has 1 aromatic rings. The van der Waals surface area contributed by atoms with Gasteiger partial charge in [-0.1, -0.05) is 37.8 Å². The number of carboxylic acid groups (broad SMARTS) is 1. The summed E-state index contributed by atoms with van der Waals surface area (Å²) in [5, 5.41) is 12.1. The summed E-state index contributed by atoms with van der Waals surface area (Å²) < 4.78 is 6.07. The standard InChI is InChI=1S/C23H34N2O4/c1-17(18-10-12-19(13-11-18)23(27)28)24-22(26)21-9-5-6-14-25(21)15-16-29-20-7-3-2-4-8-20/h10-13,17,20-21H,2-9,14-16H2,1H3,(H,24,26)(H,27,28)/t17-,21+/m0/s1. The molecule has 1 aliphatic carbocycles. The Kier molecular flexibility index (Phi) is 8.07. The number of nitrogens with one attached hydrogen (secondary N) is 1. The summed E-state index contributed by atoms with van der Waals surface area (Å²) >= 11 is 0. The number of aromatic carboxylic acids is 1. The van der Waals surface area contributed by atoms with E-state index in [4.69, 9.17) is 9.84 Å². The second-order valence-electron chi connectivity index (χ2n) is 8.34. The molecule has 6 heteroatoms. The maximum Gasteiger partial charge on any atom is 0.335 e. The number of hydrogen-bond donors (Lipinski definition) is 2. The van der Waals surface area contributed by atoms with Crippen molar-refractivity contribution in [3.63, 3.8) is 0 Å². The second kappa shape index (κ2) is 10.7. The van der Waals surface area contributed by atoms with E-state index >= 15 is 0 Å². The lowest BCUT2D eigenvalue weighted by Gasteiger charge is -2.35. The van der Waals surface area contributed by atoms with Gasteiger partial charge in [0.15, 0.2) is 0 Å². The van der Waals surface area contributed by atoms with Gasteiger partial charge in [-0.05, 0) is 56.8 Å². The van der Waals surface area contributed by atoms with Crippen molar-refractivity contribution in [1.29, 1.82) is 0 Å². The SMILES string of the molecule is C[C@H](NC(=O)[C@H]1CCCCN1CCOC1CCCCC1)c1ccc(C(=O)O)cc1. The van der Waals surface area contributed by atoms with Crippen LogP contribution in [0.5, 0.6) is 0 Å². The minimum Gasteiger partial charge on any atom is -0.478 e. The number of amides is 1. The fourth-order valence-corrected chi connectivity index (χ4v) is 4.43. The number of carbonyl (C=O) groups excluding carboxylic acids is 1. The molecule has 1 amide bonds. The molecule has 6 nitrogen and oxygen atoms in total. The number of likely N-dealkylation sites (tertiary alicyclic amines) is 1. The lowest BCUT2D eigenvalue weighted by molar-refractivity contribution is -0.128. The Balaban J connectivity index is 1.50. The van der Waals surface area contributed by atoms with Crippen LogP contribution in [-0.2, 0) is 9.53 Å². The highest BCUT2D eigenvalue weighted by Crippen LogP contribution is 2.22. The number of ether oxygens (including phenoxy) is 1. The van der Waals surface area contributed by atoms with E-state index in [2.05, 4.69) is 10.2 Å². The smallest absolute Gasteiger partial charge is 0.335 e. The molecule has 160 valence electrons. The van der Waals surface area contributed by atoms with Gasteiger partial charge in [0.2, 0.25) is 5.91 Å². The third kappa shape index (κ3) is 6.28. The van der Waals surface area contributed by atoms with Crippen molar-refractivity contribution >= 4 is 11.9 Å². The second-order valence-corrected chi connectivity index (χ2v) is 8.34. The molecule has 2 fully saturated rings. The van der Waals surface area contributed by atoms with E-state index in [1.165, 1.54) is 32.1 Å². The molecule has 2 atom stereocenters. The van der Waals surface area contributed by atoms with Crippen molar-refractivity contribution in [2.45, 2.75) is 76.5 Å². The summed E-state index contributed by atoms with van der Waals surface area (Å²) in [5.74, 6) is -0.890. The molecule has 0 spiro atoms. The van der Waals surface area contributed by atoms with Crippen molar-refractivity contribution in [2.24, 2.45) is 0 Å². The van der Waals surface area contributed by atoms with E-state index in [1.807, 2.05) is 6.92 Å². The number of carbonyl (C=O) groups is 2. The summed E-state index contributed by atoms with van der Waals surface area (Å²) in [6.07, 6.45) is 9.67. The summed E-state index contributed by atoms with van der Waals surface area (Å²) in [6.45, 7) is 4.37. The summed E-state index contributed by atoms with van der Waals surface area (Å²) in [6, 6.07) is 6.42. The zero-order valence-corrected chi connectivity index (χ0v) is 17.4. The predicted molar refractivity (Wildman–Crippen MR) is 112 cm³/mol. The van der Waals surface area contributed by atoms with Crippen LogP contribution in [0.15, 0.2) is 24.3 Å². The van der Waals surface area contributed by atoms with Gasteiger partial charge in [-0.15, -0.1) is 0 Å². The fourth-order valence-electron chi connectivity index (χ4n) is 4.43. The maximum atomic E-state index is 12.9. The molecule has 2 N–H and O–H groups in total. The highest BCUT2D eigenvalue weighted by Gasteiger charge is 2.29. The average Bonchev–Trinajstić information content (AvgIpc) is 2.75. The highest BCUT2D eigenvalue weighted by molar-refractivity contribution is 5.87. The molecule has 1 aliphatic heterocycles. The number of rotatable bonds is 8. The number of carboxylic acids is 1. The van der Waals surface area contributed by atoms with Crippen molar-refractivity contribution in [2.75, 3.05) is 19.7 Å². The van der Waals surface area contributed by atoms with Crippen LogP contribution in [0.1, 0.15) is 80.3 Å². The van der Waals surface area contributed by atoms with E-state index < -0.39 is 5.97 Å². The minimum absolute atomic E-state index is 0.0529. The average molecular weight is 403 g/mol. The largest absolute Gasteiger partial charge is 0.478 e. The zero-order chi connectivity index (χ0) is 20.6. The molecule has 0 unspecified atom stereocenters. The minimum atomic E-state index is -0.943. The van der Waals surface area contributed by atoms with Gasteiger partial charge in [0.25, 0.3) is 0 Å². The lowest BCUT2D eigenvalue weighted by Crippen LogP contribution is -2.51. The van der Waals surface area contributed by atoms with E-state index in [0.29, 0.717) is 12.7 Å². The predicted octanol–water partition coefficient (Wildman–Crippen LogP) is 3.77. The molecule has 1 saturated carbocycles. The van der Waals surface area contributed by atoms with Crippen molar-refractivity contribution < 1.29 is 19.4 Å². The van der Waals surface area contributed by atoms with Crippen molar-refractivity contribution in [3.05, 3.63) is 35.4 Å². The van der Waals surface area contributed by atoms with E-state index in [0.717, 1.165) is 37.9 Å². The summed E-state index contributed by atoms with van der Waals surface area (Å²) in [7, 11) is 0. The van der Waals surface area contributed by atoms with E-state index in [-0.39, 0.29) is 23.6 Å². The van der Waals surface area contributed by atoms with Crippen LogP contribution in [0.2, 0.25) is 0 Å². The van der Waals surface area contributed by atoms with Crippen molar-refractivity contribution in [3.8, 4) is 0 Å². The highest BCUT2D eigenvalue weighted by atomic mass is 16.5. The molecule has 1 heterocycles. The van der Waals surface area contributed by atoms with Crippen LogP contribution < -0.4 is 5.32 Å². The van der Waals surface area contributed by atoms with E-state index in [9.17, 15) is 9.59 Å². The summed E-state index contributed by atoms with van der Waals surface area (Å²) in [5.41, 5.74) is 1.16. The quantitative estimate of drug-likeness (QED) is 0.692. The fraction of sp³-hybridized carbons (Fsp3) is 0.652. The van der Waals surface area contributed by atoms with Crippen LogP contribution in [0.4, 0.5) is 0 Å². The van der Waals surface area contributed by atoms with Crippen LogP contribution >= 0.6 is 0 Å². The van der Waals surface area contributed by atoms with Crippen LogP contribution in [0.3, 0.4) is 0 Å². The topological polar surface area (TPSA) is 78.9 Å². The molecular formula is C23H34N2O4. The van der Waals surface area contributed by atoms with Gasteiger partial charge in [0.1, 0.15) is 0 Å². The molecule has 2 aliphatic rings. The normalized spacial score (nSPS) is 22.2. The molecule has 0 bridgehead atoms. The first-order valence-corrected chi connectivity index (χ1v) is 11.0. The van der Waals surface area contributed by atoms with Gasteiger partial charge < -0.3 is 15.2 Å². The molecular weight excluding hydrogens is 368 g/mol. The van der Waals surface area contributed by atoms with Crippen LogP contribution in [0.25, 0.3) is 0 Å². The monoisotopic (exact) mass is 402 g/mol. The van der Waals surface area contributed by atoms with Crippen LogP contribution in [-0.4, -0.2) is 53.7 Å². The van der Waals surface area contributed by atoms with Gasteiger partial charge in [0, 0.05) is 6.54 Å². The van der Waals surface area contributed by atoms with Gasteiger partial charge >= 0.3 is 5.97 Å². The number of hydrogen-bond acceptors (Lipinski definition) is 4. The molecule has 0 radical (unpaired) electrons. The number of nitrogens with zero attached hydrogens (tertiary/aromatic N) is 1. The van der Waals surface area contributed by atoms with Crippen LogP contribution in [0, 0.1) is 0 Å². The Morgan fingerprint density at radius 3 is 2.48 bits per heavy atom. The first-order valence-electron chi connectivity index (χ1n) is 11.0. The van der Waals surface area contributed by atoms with Crippen molar-refractivity contribution in [1.82, 2.24) is 10.2 Å². The van der Waals surface area contributed by atoms with Gasteiger partial charge in [-0.3, -0.25) is 9.69 Å². The summed E-state index contributed by atoms with van der Waals surface area (Å²) in [4.78, 5) is 26.2. The molecule has 3 rings (SSSR count). The molecule has 1 saturated heterocycles. The number of piperidine rings is 1. The van der Waals surface area contributed by atoms with E-state index in [1.54, 1.807) is 24.3 Å². The first-order chi connectivity index (χ1) is 14.0. The molecule has 0 aromatic heterocycles. The Hall–Kier alpha value is -1.92. The number of benzene rings is 1. The third-order valence-electron chi connectivity index (χ3n) is 6.22. The molecule has 29 heavy (non-hydrogen) atoms. The molecule has 1 aromatic carbocycles. The Morgan fingerprint density at radius 1 is 1.10 bits per heavy atom. The Bertz CT molecular complexity index is 670. The maximum absolute atomic E-state index is 12.9. The lowest BCUT2D eigenvalue weighted by atomic mass is 9.98. The Labute approximate surface area is 173 Å². The zero-order valence-electron chi connectivity index (χ0n) is 17.4. The van der Waals surface area contributed by atoms with Gasteiger partial charge in [-0.25, -0.2) is 4.79 Å². The Morgan fingerprint density at radius 2 is 1.79 bits per heavy atom. The third-order valence-corrected chi connectivity index (χ3v) is 6.22. The van der Waals surface area contributed by atoms with Gasteiger partial charge in [-0.2, -0.15) is 0 Å².